The average molecular weight is 311 g/mol. The van der Waals surface area contributed by atoms with E-state index in [1.54, 1.807) is 7.11 Å². The maximum Gasteiger partial charge on any atom is 0.229 e. The number of anilines is 1. The van der Waals surface area contributed by atoms with Crippen LogP contribution in [0.5, 0.6) is 5.75 Å². The summed E-state index contributed by atoms with van der Waals surface area (Å²) in [5.74, 6) is 1.35. The SMILES string of the molecule is COc1cccc(N2CCN(C(=O)C(C)(C)CCl)CC2)c1. The zero-order chi connectivity index (χ0) is 15.5. The van der Waals surface area contributed by atoms with E-state index in [1.807, 2.05) is 36.9 Å². The summed E-state index contributed by atoms with van der Waals surface area (Å²) >= 11 is 5.89. The number of benzene rings is 1. The summed E-state index contributed by atoms with van der Waals surface area (Å²) in [7, 11) is 1.67. The molecule has 0 spiro atoms. The predicted octanol–water partition coefficient (Wildman–Crippen LogP) is 2.61. The zero-order valence-corrected chi connectivity index (χ0v) is 13.7. The number of piperazine rings is 1. The number of methoxy groups -OCH3 is 1. The Morgan fingerprint density at radius 2 is 1.95 bits per heavy atom. The monoisotopic (exact) mass is 310 g/mol. The minimum absolute atomic E-state index is 0.141. The maximum atomic E-state index is 12.4. The first-order valence-corrected chi connectivity index (χ1v) is 7.76. The molecule has 4 nitrogen and oxygen atoms in total. The molecule has 1 aromatic rings. The van der Waals surface area contributed by atoms with E-state index in [0.717, 1.165) is 37.6 Å². The highest BCUT2D eigenvalue weighted by Crippen LogP contribution is 2.25. The summed E-state index contributed by atoms with van der Waals surface area (Å²) in [6.07, 6.45) is 0. The Labute approximate surface area is 131 Å². The van der Waals surface area contributed by atoms with Gasteiger partial charge >= 0.3 is 0 Å². The molecule has 1 saturated heterocycles. The first-order valence-electron chi connectivity index (χ1n) is 7.22. The van der Waals surface area contributed by atoms with E-state index < -0.39 is 5.41 Å². The molecule has 1 aromatic carbocycles. The highest BCUT2D eigenvalue weighted by molar-refractivity contribution is 6.19. The van der Waals surface area contributed by atoms with Crippen molar-refractivity contribution in [2.24, 2.45) is 5.41 Å². The van der Waals surface area contributed by atoms with E-state index in [4.69, 9.17) is 16.3 Å². The molecule has 0 saturated carbocycles. The van der Waals surface area contributed by atoms with Crippen molar-refractivity contribution < 1.29 is 9.53 Å². The molecule has 2 rings (SSSR count). The molecule has 1 aliphatic heterocycles. The maximum absolute atomic E-state index is 12.4. The number of amides is 1. The van der Waals surface area contributed by atoms with E-state index >= 15 is 0 Å². The lowest BCUT2D eigenvalue weighted by atomic mass is 9.94. The van der Waals surface area contributed by atoms with Gasteiger partial charge in [-0.1, -0.05) is 6.07 Å². The normalized spacial score (nSPS) is 16.0. The van der Waals surface area contributed by atoms with Crippen molar-refractivity contribution >= 4 is 23.2 Å². The highest BCUT2D eigenvalue weighted by Gasteiger charge is 2.32. The molecule has 5 heteroatoms. The molecule has 0 aliphatic carbocycles. The Kier molecular flexibility index (Phi) is 4.99. The molecule has 1 amide bonds. The standard InChI is InChI=1S/C16H23ClN2O2/c1-16(2,12-17)15(20)19-9-7-18(8-10-19)13-5-4-6-14(11-13)21-3/h4-6,11H,7-10,12H2,1-3H3. The van der Waals surface area contributed by atoms with Gasteiger partial charge in [-0.15, -0.1) is 11.6 Å². The summed E-state index contributed by atoms with van der Waals surface area (Å²) in [5.41, 5.74) is 0.651. The number of halogens is 1. The first kappa shape index (κ1) is 16.0. The lowest BCUT2D eigenvalue weighted by Gasteiger charge is -2.39. The second-order valence-electron chi connectivity index (χ2n) is 6.00. The molecule has 0 radical (unpaired) electrons. The van der Waals surface area contributed by atoms with Crippen molar-refractivity contribution in [3.8, 4) is 5.75 Å². The zero-order valence-electron chi connectivity index (χ0n) is 12.9. The van der Waals surface area contributed by atoms with Gasteiger partial charge in [0.2, 0.25) is 5.91 Å². The molecule has 0 unspecified atom stereocenters. The molecule has 116 valence electrons. The fourth-order valence-electron chi connectivity index (χ4n) is 2.46. The van der Waals surface area contributed by atoms with Gasteiger partial charge in [0.25, 0.3) is 0 Å². The summed E-state index contributed by atoms with van der Waals surface area (Å²) in [5, 5.41) is 0. The minimum Gasteiger partial charge on any atom is -0.497 e. The van der Waals surface area contributed by atoms with Crippen molar-refractivity contribution in [3.05, 3.63) is 24.3 Å². The van der Waals surface area contributed by atoms with Crippen LogP contribution in [0.3, 0.4) is 0 Å². The van der Waals surface area contributed by atoms with Crippen LogP contribution >= 0.6 is 11.6 Å². The van der Waals surface area contributed by atoms with Crippen LogP contribution in [0.2, 0.25) is 0 Å². The molecule has 1 aliphatic rings. The van der Waals surface area contributed by atoms with Gasteiger partial charge in [0.1, 0.15) is 5.75 Å². The summed E-state index contributed by atoms with van der Waals surface area (Å²) < 4.78 is 5.26. The van der Waals surface area contributed by atoms with Gasteiger partial charge in [0.05, 0.1) is 12.5 Å². The second kappa shape index (κ2) is 6.56. The van der Waals surface area contributed by atoms with Crippen LogP contribution < -0.4 is 9.64 Å². The Bertz CT molecular complexity index is 497. The van der Waals surface area contributed by atoms with Gasteiger partial charge in [-0.3, -0.25) is 4.79 Å². The number of ether oxygens (including phenoxy) is 1. The molecule has 0 bridgehead atoms. The van der Waals surface area contributed by atoms with E-state index in [9.17, 15) is 4.79 Å². The Morgan fingerprint density at radius 1 is 1.29 bits per heavy atom. The highest BCUT2D eigenvalue weighted by atomic mass is 35.5. The first-order chi connectivity index (χ1) is 9.97. The average Bonchev–Trinajstić information content (AvgIpc) is 2.54. The van der Waals surface area contributed by atoms with E-state index in [0.29, 0.717) is 5.88 Å². The smallest absolute Gasteiger partial charge is 0.229 e. The van der Waals surface area contributed by atoms with Gasteiger partial charge in [-0.05, 0) is 26.0 Å². The summed E-state index contributed by atoms with van der Waals surface area (Å²) in [6, 6.07) is 8.03. The van der Waals surface area contributed by atoms with Gasteiger partial charge in [-0.2, -0.15) is 0 Å². The number of alkyl halides is 1. The topological polar surface area (TPSA) is 32.8 Å². The number of hydrogen-bond acceptors (Lipinski definition) is 3. The molecule has 0 N–H and O–H groups in total. The Morgan fingerprint density at radius 3 is 2.52 bits per heavy atom. The van der Waals surface area contributed by atoms with Gasteiger partial charge in [0, 0.05) is 43.8 Å². The lowest BCUT2D eigenvalue weighted by molar-refractivity contribution is -0.139. The molecule has 1 heterocycles. The Balaban J connectivity index is 1.98. The largest absolute Gasteiger partial charge is 0.497 e. The predicted molar refractivity (Wildman–Crippen MR) is 86.3 cm³/mol. The van der Waals surface area contributed by atoms with Gasteiger partial charge < -0.3 is 14.5 Å². The van der Waals surface area contributed by atoms with Crippen LogP contribution in [0.1, 0.15) is 13.8 Å². The van der Waals surface area contributed by atoms with E-state index in [2.05, 4.69) is 11.0 Å². The fourth-order valence-corrected chi connectivity index (χ4v) is 2.57. The number of carbonyl (C=O) groups is 1. The van der Waals surface area contributed by atoms with Crippen LogP contribution in [0.15, 0.2) is 24.3 Å². The van der Waals surface area contributed by atoms with Crippen LogP contribution in [0.25, 0.3) is 0 Å². The molecule has 0 aromatic heterocycles. The fraction of sp³-hybridized carbons (Fsp3) is 0.562. The third-order valence-electron chi connectivity index (χ3n) is 3.90. The van der Waals surface area contributed by atoms with E-state index in [-0.39, 0.29) is 5.91 Å². The van der Waals surface area contributed by atoms with Crippen LogP contribution in [0, 0.1) is 5.41 Å². The molecular weight excluding hydrogens is 288 g/mol. The third kappa shape index (κ3) is 3.62. The number of carbonyl (C=O) groups excluding carboxylic acids is 1. The van der Waals surface area contributed by atoms with E-state index in [1.165, 1.54) is 0 Å². The quantitative estimate of drug-likeness (QED) is 0.801. The van der Waals surface area contributed by atoms with Crippen LogP contribution in [-0.4, -0.2) is 50.0 Å². The van der Waals surface area contributed by atoms with Crippen molar-refractivity contribution in [2.45, 2.75) is 13.8 Å². The number of rotatable bonds is 4. The van der Waals surface area contributed by atoms with Crippen LogP contribution in [-0.2, 0) is 4.79 Å². The molecule has 21 heavy (non-hydrogen) atoms. The lowest BCUT2D eigenvalue weighted by Crippen LogP contribution is -2.52. The molecule has 0 atom stereocenters. The van der Waals surface area contributed by atoms with Crippen molar-refractivity contribution in [2.75, 3.05) is 44.1 Å². The number of nitrogens with zero attached hydrogens (tertiary/aromatic N) is 2. The van der Waals surface area contributed by atoms with Crippen molar-refractivity contribution in [1.82, 2.24) is 4.90 Å². The van der Waals surface area contributed by atoms with Crippen LogP contribution in [0.4, 0.5) is 5.69 Å². The van der Waals surface area contributed by atoms with Crippen molar-refractivity contribution in [1.29, 1.82) is 0 Å². The van der Waals surface area contributed by atoms with Gasteiger partial charge in [0.15, 0.2) is 0 Å². The number of hydrogen-bond donors (Lipinski definition) is 0. The third-order valence-corrected chi connectivity index (χ3v) is 4.57. The molecule has 1 fully saturated rings. The summed E-state index contributed by atoms with van der Waals surface area (Å²) in [4.78, 5) is 16.6. The second-order valence-corrected chi connectivity index (χ2v) is 6.27. The molecular formula is C16H23ClN2O2. The van der Waals surface area contributed by atoms with Gasteiger partial charge in [-0.25, -0.2) is 0 Å². The van der Waals surface area contributed by atoms with Crippen molar-refractivity contribution in [3.63, 3.8) is 0 Å². The summed E-state index contributed by atoms with van der Waals surface area (Å²) in [6.45, 7) is 6.93. The Hall–Kier alpha value is -1.42. The minimum atomic E-state index is -0.486.